The summed E-state index contributed by atoms with van der Waals surface area (Å²) >= 11 is 0. The molecule has 14 heavy (non-hydrogen) atoms. The van der Waals surface area contributed by atoms with E-state index in [4.69, 9.17) is 4.74 Å². The molecule has 4 aliphatic carbocycles. The summed E-state index contributed by atoms with van der Waals surface area (Å²) in [5.74, 6) is 2.87. The van der Waals surface area contributed by atoms with Crippen molar-refractivity contribution in [3.63, 3.8) is 0 Å². The van der Waals surface area contributed by atoms with E-state index in [0.29, 0.717) is 0 Å². The Labute approximate surface area is 85.8 Å². The van der Waals surface area contributed by atoms with Gasteiger partial charge in [-0.25, -0.2) is 0 Å². The maximum atomic E-state index is 5.89. The van der Waals surface area contributed by atoms with E-state index < -0.39 is 0 Å². The van der Waals surface area contributed by atoms with Crippen molar-refractivity contribution in [2.45, 2.75) is 44.1 Å². The van der Waals surface area contributed by atoms with Crippen LogP contribution in [0.3, 0.4) is 0 Å². The van der Waals surface area contributed by atoms with Gasteiger partial charge in [0.25, 0.3) is 0 Å². The largest absolute Gasteiger partial charge is 0.487 e. The zero-order valence-electron chi connectivity index (χ0n) is 8.67. The van der Waals surface area contributed by atoms with Crippen molar-refractivity contribution in [2.24, 2.45) is 17.8 Å². The summed E-state index contributed by atoms with van der Waals surface area (Å²) in [6.45, 7) is 3.57. The zero-order valence-corrected chi connectivity index (χ0v) is 8.67. The Balaban J connectivity index is 1.83. The molecule has 0 aromatic carbocycles. The van der Waals surface area contributed by atoms with Gasteiger partial charge in [0.05, 0.1) is 0 Å². The summed E-state index contributed by atoms with van der Waals surface area (Å²) in [4.78, 5) is 0. The molecule has 0 N–H and O–H groups in total. The SMILES string of the molecule is C=C=COC12CC3CC(CC(C3)C1)C2. The van der Waals surface area contributed by atoms with Gasteiger partial charge < -0.3 is 4.74 Å². The molecule has 4 aliphatic rings. The van der Waals surface area contributed by atoms with E-state index in [1.807, 2.05) is 0 Å². The predicted octanol–water partition coefficient (Wildman–Crippen LogP) is 3.27. The van der Waals surface area contributed by atoms with Crippen molar-refractivity contribution in [3.8, 4) is 0 Å². The first-order chi connectivity index (χ1) is 6.80. The molecule has 0 spiro atoms. The van der Waals surface area contributed by atoms with Gasteiger partial charge >= 0.3 is 0 Å². The van der Waals surface area contributed by atoms with Crippen LogP contribution < -0.4 is 0 Å². The molecule has 76 valence electrons. The molecule has 0 saturated heterocycles. The highest BCUT2D eigenvalue weighted by Gasteiger charge is 2.52. The van der Waals surface area contributed by atoms with Crippen LogP contribution >= 0.6 is 0 Å². The smallest absolute Gasteiger partial charge is 0.125 e. The average Bonchev–Trinajstić information content (AvgIpc) is 2.12. The molecule has 4 bridgehead atoms. The normalized spacial score (nSPS) is 48.7. The highest BCUT2D eigenvalue weighted by Crippen LogP contribution is 2.57. The van der Waals surface area contributed by atoms with Crippen LogP contribution in [0, 0.1) is 17.8 Å². The van der Waals surface area contributed by atoms with Gasteiger partial charge in [-0.2, -0.15) is 0 Å². The Kier molecular flexibility index (Phi) is 1.79. The quantitative estimate of drug-likeness (QED) is 0.479. The minimum absolute atomic E-state index is 0.194. The summed E-state index contributed by atoms with van der Waals surface area (Å²) in [7, 11) is 0. The lowest BCUT2D eigenvalue weighted by atomic mass is 9.54. The molecular weight excluding hydrogens is 172 g/mol. The maximum Gasteiger partial charge on any atom is 0.125 e. The molecule has 0 aliphatic heterocycles. The van der Waals surface area contributed by atoms with Crippen LogP contribution in [0.25, 0.3) is 0 Å². The Morgan fingerprint density at radius 1 is 1.07 bits per heavy atom. The van der Waals surface area contributed by atoms with Gasteiger partial charge in [-0.1, -0.05) is 12.3 Å². The van der Waals surface area contributed by atoms with Gasteiger partial charge in [-0.05, 0) is 56.3 Å². The summed E-state index contributed by atoms with van der Waals surface area (Å²) < 4.78 is 5.89. The van der Waals surface area contributed by atoms with E-state index in [-0.39, 0.29) is 5.60 Å². The van der Waals surface area contributed by atoms with Crippen LogP contribution in [0.15, 0.2) is 18.6 Å². The maximum absolute atomic E-state index is 5.89. The van der Waals surface area contributed by atoms with Crippen molar-refractivity contribution in [3.05, 3.63) is 18.6 Å². The van der Waals surface area contributed by atoms with Crippen molar-refractivity contribution in [1.82, 2.24) is 0 Å². The standard InChI is InChI=1S/C13H18O/c1-2-3-14-13-7-10-4-11(8-13)6-12(5-10)9-13/h3,10-12H,1,4-9H2. The molecule has 1 heteroatoms. The van der Waals surface area contributed by atoms with Gasteiger partial charge in [0.1, 0.15) is 11.9 Å². The highest BCUT2D eigenvalue weighted by atomic mass is 16.5. The van der Waals surface area contributed by atoms with E-state index in [2.05, 4.69) is 12.3 Å². The molecular formula is C13H18O. The van der Waals surface area contributed by atoms with E-state index in [0.717, 1.165) is 17.8 Å². The lowest BCUT2D eigenvalue weighted by molar-refractivity contribution is -0.130. The van der Waals surface area contributed by atoms with Crippen LogP contribution in [0.2, 0.25) is 0 Å². The third kappa shape index (κ3) is 1.23. The summed E-state index contributed by atoms with van der Waals surface area (Å²) in [5.41, 5.74) is 2.94. The molecule has 4 fully saturated rings. The van der Waals surface area contributed by atoms with Crippen LogP contribution in [-0.2, 0) is 4.74 Å². The molecule has 0 amide bonds. The second-order valence-corrected chi connectivity index (χ2v) is 5.54. The molecule has 0 unspecified atom stereocenters. The third-order valence-corrected chi connectivity index (χ3v) is 4.37. The Morgan fingerprint density at radius 2 is 1.57 bits per heavy atom. The molecule has 0 atom stereocenters. The lowest BCUT2D eigenvalue weighted by Gasteiger charge is -2.55. The van der Waals surface area contributed by atoms with Crippen LogP contribution in [0.5, 0.6) is 0 Å². The molecule has 0 heterocycles. The Morgan fingerprint density at radius 3 is 2.00 bits per heavy atom. The molecule has 0 radical (unpaired) electrons. The molecule has 4 saturated carbocycles. The first-order valence-corrected chi connectivity index (χ1v) is 5.82. The fourth-order valence-electron chi connectivity index (χ4n) is 4.34. The van der Waals surface area contributed by atoms with Gasteiger partial charge in [0.2, 0.25) is 0 Å². The first kappa shape index (κ1) is 8.61. The number of hydrogen-bond acceptors (Lipinski definition) is 1. The van der Waals surface area contributed by atoms with Crippen LogP contribution in [0.4, 0.5) is 0 Å². The van der Waals surface area contributed by atoms with Gasteiger partial charge in [-0.3, -0.25) is 0 Å². The van der Waals surface area contributed by atoms with E-state index in [9.17, 15) is 0 Å². The number of ether oxygens (including phenoxy) is 1. The fraction of sp³-hybridized carbons (Fsp3) is 0.769. The average molecular weight is 190 g/mol. The highest BCUT2D eigenvalue weighted by molar-refractivity contribution is 5.03. The second kappa shape index (κ2) is 2.90. The van der Waals surface area contributed by atoms with E-state index in [1.54, 1.807) is 6.26 Å². The van der Waals surface area contributed by atoms with Gasteiger partial charge in [0.15, 0.2) is 0 Å². The Hall–Kier alpha value is -0.680. The first-order valence-electron chi connectivity index (χ1n) is 5.82. The van der Waals surface area contributed by atoms with Crippen LogP contribution in [-0.4, -0.2) is 5.60 Å². The van der Waals surface area contributed by atoms with Gasteiger partial charge in [-0.15, -0.1) is 0 Å². The molecule has 0 aromatic rings. The molecule has 4 rings (SSSR count). The summed E-state index contributed by atoms with van der Waals surface area (Å²) in [6.07, 6.45) is 9.97. The third-order valence-electron chi connectivity index (χ3n) is 4.37. The monoisotopic (exact) mass is 190 g/mol. The van der Waals surface area contributed by atoms with E-state index in [1.165, 1.54) is 38.5 Å². The molecule has 1 nitrogen and oxygen atoms in total. The minimum atomic E-state index is 0.194. The predicted molar refractivity (Wildman–Crippen MR) is 55.7 cm³/mol. The Bertz CT molecular complexity index is 250. The van der Waals surface area contributed by atoms with Crippen molar-refractivity contribution in [2.75, 3.05) is 0 Å². The minimum Gasteiger partial charge on any atom is -0.487 e. The summed E-state index contributed by atoms with van der Waals surface area (Å²) in [5, 5.41) is 0. The number of rotatable bonds is 2. The van der Waals surface area contributed by atoms with Crippen LogP contribution in [0.1, 0.15) is 38.5 Å². The summed E-state index contributed by atoms with van der Waals surface area (Å²) in [6, 6.07) is 0. The van der Waals surface area contributed by atoms with E-state index >= 15 is 0 Å². The lowest BCUT2D eigenvalue weighted by Crippen LogP contribution is -2.51. The molecule has 0 aromatic heterocycles. The fourth-order valence-corrected chi connectivity index (χ4v) is 4.34. The second-order valence-electron chi connectivity index (χ2n) is 5.54. The van der Waals surface area contributed by atoms with Crippen molar-refractivity contribution >= 4 is 0 Å². The van der Waals surface area contributed by atoms with Crippen molar-refractivity contribution < 1.29 is 4.74 Å². The topological polar surface area (TPSA) is 9.23 Å². The number of hydrogen-bond donors (Lipinski definition) is 0. The van der Waals surface area contributed by atoms with Crippen molar-refractivity contribution in [1.29, 1.82) is 0 Å². The van der Waals surface area contributed by atoms with Gasteiger partial charge in [0, 0.05) is 0 Å². The zero-order chi connectivity index (χ0) is 9.60.